The third-order valence-electron chi connectivity index (χ3n) is 4.58. The molecule has 1 aliphatic carbocycles. The number of imide groups is 2. The van der Waals surface area contributed by atoms with E-state index in [1.807, 2.05) is 42.5 Å². The first-order valence-corrected chi connectivity index (χ1v) is 8.69. The molecule has 1 heterocycles. The molecule has 1 saturated carbocycles. The Labute approximate surface area is 155 Å². The van der Waals surface area contributed by atoms with Gasteiger partial charge in [-0.15, -0.1) is 0 Å². The number of nitrogens with zero attached hydrogens (tertiary/aromatic N) is 2. The highest BCUT2D eigenvalue weighted by Crippen LogP contribution is 2.31. The van der Waals surface area contributed by atoms with Gasteiger partial charge in [-0.25, -0.2) is 9.69 Å². The van der Waals surface area contributed by atoms with E-state index in [1.165, 1.54) is 0 Å². The molecule has 7 nitrogen and oxygen atoms in total. The number of hydrogen-bond acceptors (Lipinski definition) is 4. The van der Waals surface area contributed by atoms with Gasteiger partial charge >= 0.3 is 17.8 Å². The lowest BCUT2D eigenvalue weighted by molar-refractivity contribution is -0.143. The van der Waals surface area contributed by atoms with Crippen LogP contribution in [0, 0.1) is 0 Å². The summed E-state index contributed by atoms with van der Waals surface area (Å²) in [4.78, 5) is 50.5. The van der Waals surface area contributed by atoms with Gasteiger partial charge in [0.25, 0.3) is 0 Å². The Morgan fingerprint density at radius 2 is 1.59 bits per heavy atom. The van der Waals surface area contributed by atoms with Gasteiger partial charge in [0.05, 0.1) is 0 Å². The summed E-state index contributed by atoms with van der Waals surface area (Å²) in [6, 6.07) is 15.9. The summed E-state index contributed by atoms with van der Waals surface area (Å²) in [6.07, 6.45) is 1.41. The van der Waals surface area contributed by atoms with Crippen LogP contribution in [0.2, 0.25) is 0 Å². The Hall–Kier alpha value is -3.48. The smallest absolute Gasteiger partial charge is 0.324 e. The largest absolute Gasteiger partial charge is 0.334 e. The highest BCUT2D eigenvalue weighted by atomic mass is 16.2. The average molecular weight is 363 g/mol. The number of anilines is 1. The van der Waals surface area contributed by atoms with Crippen molar-refractivity contribution in [1.82, 2.24) is 9.80 Å². The van der Waals surface area contributed by atoms with Crippen molar-refractivity contribution in [3.05, 3.63) is 54.6 Å². The zero-order chi connectivity index (χ0) is 19.0. The lowest BCUT2D eigenvalue weighted by Crippen LogP contribution is -2.39. The van der Waals surface area contributed by atoms with Crippen LogP contribution in [0.4, 0.5) is 10.5 Å². The molecule has 2 aromatic carbocycles. The minimum absolute atomic E-state index is 0.208. The van der Waals surface area contributed by atoms with Crippen molar-refractivity contribution in [2.24, 2.45) is 0 Å². The van der Waals surface area contributed by atoms with Crippen molar-refractivity contribution in [3.63, 3.8) is 0 Å². The molecule has 0 spiro atoms. The third kappa shape index (κ3) is 3.19. The molecular weight excluding hydrogens is 346 g/mol. The van der Waals surface area contributed by atoms with Crippen LogP contribution in [-0.2, 0) is 14.4 Å². The molecule has 2 aromatic rings. The monoisotopic (exact) mass is 363 g/mol. The number of hydrogen-bond donors (Lipinski definition) is 1. The Bertz CT molecular complexity index is 937. The predicted octanol–water partition coefficient (Wildman–Crippen LogP) is 2.25. The van der Waals surface area contributed by atoms with E-state index in [0.717, 1.165) is 16.0 Å². The Morgan fingerprint density at radius 1 is 0.926 bits per heavy atom. The first kappa shape index (κ1) is 17.0. The SMILES string of the molecule is O=C(CN1C(=O)C(=O)N(C2CC2)C1=O)Nc1ccccc1-c1ccccc1. The van der Waals surface area contributed by atoms with E-state index in [4.69, 9.17) is 0 Å². The maximum absolute atomic E-state index is 12.5. The van der Waals surface area contributed by atoms with Gasteiger partial charge in [-0.3, -0.25) is 19.3 Å². The molecule has 0 aromatic heterocycles. The van der Waals surface area contributed by atoms with Crippen molar-refractivity contribution in [2.45, 2.75) is 18.9 Å². The quantitative estimate of drug-likeness (QED) is 0.652. The number of amides is 5. The van der Waals surface area contributed by atoms with Gasteiger partial charge in [-0.05, 0) is 24.5 Å². The molecule has 1 saturated heterocycles. The summed E-state index contributed by atoms with van der Waals surface area (Å²) < 4.78 is 0. The van der Waals surface area contributed by atoms with Crippen LogP contribution in [0.25, 0.3) is 11.1 Å². The second kappa shape index (κ2) is 6.68. The summed E-state index contributed by atoms with van der Waals surface area (Å²) in [5.74, 6) is -2.33. The van der Waals surface area contributed by atoms with E-state index >= 15 is 0 Å². The van der Waals surface area contributed by atoms with Crippen molar-refractivity contribution in [3.8, 4) is 11.1 Å². The molecule has 5 amide bonds. The predicted molar refractivity (Wildman–Crippen MR) is 97.5 cm³/mol. The lowest BCUT2D eigenvalue weighted by atomic mass is 10.0. The molecule has 0 atom stereocenters. The number of para-hydroxylation sites is 1. The van der Waals surface area contributed by atoms with Crippen molar-refractivity contribution in [2.75, 3.05) is 11.9 Å². The summed E-state index contributed by atoms with van der Waals surface area (Å²) in [7, 11) is 0. The van der Waals surface area contributed by atoms with E-state index in [1.54, 1.807) is 12.1 Å². The standard InChI is InChI=1S/C20H17N3O4/c24-17(12-22-18(25)19(26)23(20(22)27)14-10-11-14)21-16-9-5-4-8-15(16)13-6-2-1-3-7-13/h1-9,14H,10-12H2,(H,21,24). The van der Waals surface area contributed by atoms with Gasteiger partial charge in [-0.1, -0.05) is 48.5 Å². The van der Waals surface area contributed by atoms with E-state index < -0.39 is 30.3 Å². The van der Waals surface area contributed by atoms with Crippen molar-refractivity contribution in [1.29, 1.82) is 0 Å². The first-order valence-electron chi connectivity index (χ1n) is 8.69. The topological polar surface area (TPSA) is 86.8 Å². The molecule has 0 unspecified atom stereocenters. The third-order valence-corrected chi connectivity index (χ3v) is 4.58. The highest BCUT2D eigenvalue weighted by molar-refractivity contribution is 6.45. The van der Waals surface area contributed by atoms with Gasteiger partial charge in [0.15, 0.2) is 0 Å². The first-order chi connectivity index (χ1) is 13.1. The lowest BCUT2D eigenvalue weighted by Gasteiger charge is -2.16. The van der Waals surface area contributed by atoms with Crippen LogP contribution in [0.1, 0.15) is 12.8 Å². The summed E-state index contributed by atoms with van der Waals surface area (Å²) in [5, 5.41) is 2.74. The van der Waals surface area contributed by atoms with Crippen molar-refractivity contribution >= 4 is 29.4 Å². The number of benzene rings is 2. The van der Waals surface area contributed by atoms with E-state index in [0.29, 0.717) is 23.4 Å². The Morgan fingerprint density at radius 3 is 2.30 bits per heavy atom. The molecule has 1 N–H and O–H groups in total. The summed E-state index contributed by atoms with van der Waals surface area (Å²) in [5.41, 5.74) is 2.32. The molecular formula is C20H17N3O4. The summed E-state index contributed by atoms with van der Waals surface area (Å²) in [6.45, 7) is -0.490. The number of urea groups is 1. The van der Waals surface area contributed by atoms with E-state index in [2.05, 4.69) is 5.32 Å². The van der Waals surface area contributed by atoms with Gasteiger partial charge < -0.3 is 5.32 Å². The average Bonchev–Trinajstić information content (AvgIpc) is 3.48. The molecule has 7 heteroatoms. The number of carbonyl (C=O) groups excluding carboxylic acids is 4. The molecule has 27 heavy (non-hydrogen) atoms. The minimum atomic E-state index is -0.946. The highest BCUT2D eigenvalue weighted by Gasteiger charge is 2.51. The molecule has 136 valence electrons. The fraction of sp³-hybridized carbons (Fsp3) is 0.200. The van der Waals surface area contributed by atoms with Crippen LogP contribution < -0.4 is 5.32 Å². The normalized spacial score (nSPS) is 16.8. The minimum Gasteiger partial charge on any atom is -0.324 e. The van der Waals surface area contributed by atoms with Gasteiger partial charge in [-0.2, -0.15) is 0 Å². The van der Waals surface area contributed by atoms with E-state index in [-0.39, 0.29) is 6.04 Å². The molecule has 2 fully saturated rings. The maximum atomic E-state index is 12.5. The van der Waals surface area contributed by atoms with Crippen molar-refractivity contribution < 1.29 is 19.2 Å². The molecule has 2 aliphatic rings. The van der Waals surface area contributed by atoms with Crippen LogP contribution in [0.5, 0.6) is 0 Å². The second-order valence-electron chi connectivity index (χ2n) is 6.54. The van der Waals surface area contributed by atoms with Crippen LogP contribution in [0.3, 0.4) is 0 Å². The van der Waals surface area contributed by atoms with Gasteiger partial charge in [0.2, 0.25) is 5.91 Å². The number of rotatable bonds is 5. The fourth-order valence-electron chi connectivity index (χ4n) is 3.11. The number of carbonyl (C=O) groups is 4. The molecule has 1 aliphatic heterocycles. The van der Waals surface area contributed by atoms with Gasteiger partial charge in [0, 0.05) is 17.3 Å². The zero-order valence-corrected chi connectivity index (χ0v) is 14.4. The molecule has 0 radical (unpaired) electrons. The number of nitrogens with one attached hydrogen (secondary N) is 1. The van der Waals surface area contributed by atoms with E-state index in [9.17, 15) is 19.2 Å². The van der Waals surface area contributed by atoms with Crippen LogP contribution in [0.15, 0.2) is 54.6 Å². The zero-order valence-electron chi connectivity index (χ0n) is 14.4. The van der Waals surface area contributed by atoms with Gasteiger partial charge in [0.1, 0.15) is 6.54 Å². The summed E-state index contributed by atoms with van der Waals surface area (Å²) >= 11 is 0. The molecule has 4 rings (SSSR count). The molecule has 0 bridgehead atoms. The Balaban J connectivity index is 1.50. The van der Waals surface area contributed by atoms with Crippen LogP contribution >= 0.6 is 0 Å². The second-order valence-corrected chi connectivity index (χ2v) is 6.54. The Kier molecular flexibility index (Phi) is 4.19. The maximum Gasteiger partial charge on any atom is 0.334 e. The van der Waals surface area contributed by atoms with Crippen LogP contribution in [-0.4, -0.2) is 46.1 Å². The fourth-order valence-corrected chi connectivity index (χ4v) is 3.11.